The van der Waals surface area contributed by atoms with Gasteiger partial charge in [0.1, 0.15) is 6.29 Å². The molecule has 6 rings (SSSR count). The van der Waals surface area contributed by atoms with Crippen LogP contribution in [0.3, 0.4) is 0 Å². The molecule has 2 N–H and O–H groups in total. The number of piperidine rings is 1. The molecule has 1 aromatic carbocycles. The Morgan fingerprint density at radius 3 is 2.29 bits per heavy atom. The fourth-order valence-corrected chi connectivity index (χ4v) is 6.89. The van der Waals surface area contributed by atoms with Crippen molar-refractivity contribution < 1.29 is 14.7 Å². The van der Waals surface area contributed by atoms with Gasteiger partial charge < -0.3 is 15.3 Å². The van der Waals surface area contributed by atoms with Gasteiger partial charge in [-0.2, -0.15) is 0 Å². The van der Waals surface area contributed by atoms with E-state index in [1.807, 2.05) is 24.3 Å². The minimum absolute atomic E-state index is 0.0631. The number of amides is 1. The summed E-state index contributed by atoms with van der Waals surface area (Å²) < 4.78 is 0. The first-order valence-corrected chi connectivity index (χ1v) is 10.8. The van der Waals surface area contributed by atoms with Gasteiger partial charge in [-0.05, 0) is 87.5 Å². The van der Waals surface area contributed by atoms with Crippen LogP contribution in [-0.2, 0) is 4.79 Å². The normalized spacial score (nSPS) is 37.1. The van der Waals surface area contributed by atoms with Crippen LogP contribution in [0.1, 0.15) is 61.7 Å². The molecule has 150 valence electrons. The largest absolute Gasteiger partial charge is 0.390 e. The summed E-state index contributed by atoms with van der Waals surface area (Å²) in [5.41, 5.74) is 1.12. The Morgan fingerprint density at radius 2 is 1.71 bits per heavy atom. The van der Waals surface area contributed by atoms with E-state index >= 15 is 0 Å². The van der Waals surface area contributed by atoms with Gasteiger partial charge in [0.25, 0.3) is 0 Å². The minimum Gasteiger partial charge on any atom is -0.390 e. The topological polar surface area (TPSA) is 69.6 Å². The van der Waals surface area contributed by atoms with Gasteiger partial charge in [0.2, 0.25) is 5.91 Å². The minimum atomic E-state index is -0.533. The van der Waals surface area contributed by atoms with Gasteiger partial charge in [0.05, 0.1) is 5.60 Å². The fraction of sp³-hybridized carbons (Fsp3) is 0.652. The number of nitrogens with zero attached hydrogens (tertiary/aromatic N) is 1. The van der Waals surface area contributed by atoms with E-state index < -0.39 is 5.60 Å². The molecule has 0 radical (unpaired) electrons. The number of carbonyl (C=O) groups is 2. The van der Waals surface area contributed by atoms with E-state index in [0.29, 0.717) is 17.4 Å². The van der Waals surface area contributed by atoms with E-state index in [4.69, 9.17) is 0 Å². The first-order valence-electron chi connectivity index (χ1n) is 10.8. The predicted octanol–water partition coefficient (Wildman–Crippen LogP) is 2.92. The molecular formula is C23H30N2O3. The molecule has 1 aromatic rings. The Hall–Kier alpha value is -1.88. The standard InChI is InChI=1S/C23H30N2O3/c26-14-16-1-3-20(4-2-16)25-7-5-19(6-8-25)21(27)24-22-10-17-9-18(11-22)13-23(28,12-17)15-22/h1-4,14,17-19,28H,5-13,15H2,(H,24,27)/t17-,18+,22?,23?. The van der Waals surface area contributed by atoms with E-state index in [9.17, 15) is 14.7 Å². The van der Waals surface area contributed by atoms with Crippen LogP contribution >= 0.6 is 0 Å². The molecule has 0 spiro atoms. The summed E-state index contributed by atoms with van der Waals surface area (Å²) in [5.74, 6) is 1.43. The van der Waals surface area contributed by atoms with Crippen LogP contribution in [0.25, 0.3) is 0 Å². The third-order valence-corrected chi connectivity index (χ3v) is 7.68. The van der Waals surface area contributed by atoms with Gasteiger partial charge >= 0.3 is 0 Å². The van der Waals surface area contributed by atoms with Crippen molar-refractivity contribution in [3.05, 3.63) is 29.8 Å². The molecule has 2 unspecified atom stereocenters. The van der Waals surface area contributed by atoms with Crippen LogP contribution in [-0.4, -0.2) is 41.5 Å². The van der Waals surface area contributed by atoms with Crippen LogP contribution in [0.4, 0.5) is 5.69 Å². The lowest BCUT2D eigenvalue weighted by molar-refractivity contribution is -0.153. The first kappa shape index (κ1) is 18.2. The number of aldehydes is 1. The zero-order valence-corrected chi connectivity index (χ0v) is 16.4. The molecular weight excluding hydrogens is 352 g/mol. The molecule has 4 atom stereocenters. The molecule has 0 aromatic heterocycles. The van der Waals surface area contributed by atoms with Crippen LogP contribution in [0.5, 0.6) is 0 Å². The summed E-state index contributed by atoms with van der Waals surface area (Å²) in [4.78, 5) is 26.2. The van der Waals surface area contributed by atoms with Gasteiger partial charge in [0, 0.05) is 35.8 Å². The zero-order valence-electron chi connectivity index (χ0n) is 16.4. The quantitative estimate of drug-likeness (QED) is 0.786. The number of benzene rings is 1. The van der Waals surface area contributed by atoms with E-state index in [2.05, 4.69) is 10.2 Å². The molecule has 5 heteroatoms. The zero-order chi connectivity index (χ0) is 19.4. The van der Waals surface area contributed by atoms with Crippen molar-refractivity contribution in [2.45, 2.75) is 62.5 Å². The van der Waals surface area contributed by atoms with Crippen LogP contribution in [0.2, 0.25) is 0 Å². The van der Waals surface area contributed by atoms with Crippen molar-refractivity contribution in [1.82, 2.24) is 5.32 Å². The number of aliphatic hydroxyl groups is 1. The third kappa shape index (κ3) is 3.24. The Kier molecular flexibility index (Phi) is 4.27. The van der Waals surface area contributed by atoms with Crippen molar-refractivity contribution in [3.8, 4) is 0 Å². The molecule has 1 saturated heterocycles. The Morgan fingerprint density at radius 1 is 1.07 bits per heavy atom. The van der Waals surface area contributed by atoms with Crippen molar-refractivity contribution in [1.29, 1.82) is 0 Å². The highest BCUT2D eigenvalue weighted by atomic mass is 16.3. The number of anilines is 1. The SMILES string of the molecule is O=Cc1ccc(N2CCC(C(=O)NC34C[C@@H]5C[C@@H](CC(O)(C5)C3)C4)CC2)cc1. The second kappa shape index (κ2) is 6.58. The van der Waals surface area contributed by atoms with Gasteiger partial charge in [-0.1, -0.05) is 0 Å². The summed E-state index contributed by atoms with van der Waals surface area (Å²) >= 11 is 0. The number of rotatable bonds is 4. The lowest BCUT2D eigenvalue weighted by atomic mass is 9.51. The lowest BCUT2D eigenvalue weighted by Gasteiger charge is -2.60. The van der Waals surface area contributed by atoms with E-state index in [-0.39, 0.29) is 17.4 Å². The van der Waals surface area contributed by atoms with Gasteiger partial charge in [-0.15, -0.1) is 0 Å². The molecule has 1 heterocycles. The smallest absolute Gasteiger partial charge is 0.223 e. The number of carbonyl (C=O) groups excluding carboxylic acids is 2. The van der Waals surface area contributed by atoms with Crippen LogP contribution in [0, 0.1) is 17.8 Å². The van der Waals surface area contributed by atoms with E-state index in [1.165, 1.54) is 6.42 Å². The number of nitrogens with one attached hydrogen (secondary N) is 1. The predicted molar refractivity (Wildman–Crippen MR) is 107 cm³/mol. The molecule has 1 aliphatic heterocycles. The monoisotopic (exact) mass is 382 g/mol. The molecule has 5 nitrogen and oxygen atoms in total. The maximum Gasteiger partial charge on any atom is 0.223 e. The number of hydrogen-bond donors (Lipinski definition) is 2. The second-order valence-electron chi connectivity index (χ2n) is 9.93. The van der Waals surface area contributed by atoms with Crippen LogP contribution < -0.4 is 10.2 Å². The molecule has 5 fully saturated rings. The van der Waals surface area contributed by atoms with Crippen molar-refractivity contribution in [2.75, 3.05) is 18.0 Å². The summed E-state index contributed by atoms with van der Waals surface area (Å²) in [6.45, 7) is 1.72. The van der Waals surface area contributed by atoms with Gasteiger partial charge in [-0.3, -0.25) is 9.59 Å². The number of hydrogen-bond acceptors (Lipinski definition) is 4. The fourth-order valence-electron chi connectivity index (χ4n) is 6.89. The molecule has 4 aliphatic carbocycles. The first-order chi connectivity index (χ1) is 13.5. The highest BCUT2D eigenvalue weighted by Crippen LogP contribution is 2.57. The van der Waals surface area contributed by atoms with E-state index in [0.717, 1.165) is 70.0 Å². The average molecular weight is 383 g/mol. The highest BCUT2D eigenvalue weighted by molar-refractivity contribution is 5.80. The Bertz CT molecular complexity index is 753. The van der Waals surface area contributed by atoms with Crippen molar-refractivity contribution in [3.63, 3.8) is 0 Å². The molecule has 5 aliphatic rings. The Balaban J connectivity index is 1.20. The lowest BCUT2D eigenvalue weighted by Crippen LogP contribution is -2.66. The summed E-state index contributed by atoms with van der Waals surface area (Å²) in [6.07, 6.45) is 8.54. The molecule has 28 heavy (non-hydrogen) atoms. The maximum absolute atomic E-state index is 13.1. The molecule has 4 bridgehead atoms. The third-order valence-electron chi connectivity index (χ3n) is 7.68. The molecule has 1 amide bonds. The summed E-state index contributed by atoms with van der Waals surface area (Å²) in [6, 6.07) is 7.67. The Labute approximate surface area is 166 Å². The van der Waals surface area contributed by atoms with E-state index in [1.54, 1.807) is 0 Å². The highest BCUT2D eigenvalue weighted by Gasteiger charge is 2.57. The van der Waals surface area contributed by atoms with Crippen molar-refractivity contribution >= 4 is 17.9 Å². The maximum atomic E-state index is 13.1. The van der Waals surface area contributed by atoms with Gasteiger partial charge in [0.15, 0.2) is 0 Å². The van der Waals surface area contributed by atoms with Crippen LogP contribution in [0.15, 0.2) is 24.3 Å². The average Bonchev–Trinajstić information content (AvgIpc) is 2.66. The second-order valence-corrected chi connectivity index (χ2v) is 9.93. The van der Waals surface area contributed by atoms with Gasteiger partial charge in [-0.25, -0.2) is 0 Å². The summed E-state index contributed by atoms with van der Waals surface area (Å²) in [7, 11) is 0. The molecule has 4 saturated carbocycles. The van der Waals surface area contributed by atoms with Crippen molar-refractivity contribution in [2.24, 2.45) is 17.8 Å². The summed E-state index contributed by atoms with van der Waals surface area (Å²) in [5, 5.41) is 14.3.